The molecule has 1 aliphatic rings. The molecule has 2 rings (SSSR count). The van der Waals surface area contributed by atoms with Crippen LogP contribution in [0.1, 0.15) is 18.9 Å². The number of allylic oxidation sites excluding steroid dienone is 1. The fraction of sp³-hybridized carbons (Fsp3) is 0.312. The molecule has 0 saturated carbocycles. The summed E-state index contributed by atoms with van der Waals surface area (Å²) in [5.74, 6) is -3.57. The molecule has 0 spiro atoms. The minimum atomic E-state index is -1.09. The van der Waals surface area contributed by atoms with Crippen LogP contribution in [0.2, 0.25) is 0 Å². The lowest BCUT2D eigenvalue weighted by Gasteiger charge is -2.26. The molecule has 0 aliphatic carbocycles. The van der Waals surface area contributed by atoms with Gasteiger partial charge in [0.05, 0.1) is 11.5 Å². The second kappa shape index (κ2) is 6.35. The lowest BCUT2D eigenvalue weighted by atomic mass is 9.79. The van der Waals surface area contributed by atoms with Crippen molar-refractivity contribution in [2.45, 2.75) is 19.8 Å². The maximum Gasteiger partial charge on any atom is 0.333 e. The quantitative estimate of drug-likeness (QED) is 0.870. The Balaban J connectivity index is 2.24. The Morgan fingerprint density at radius 3 is 2.43 bits per heavy atom. The first-order valence-corrected chi connectivity index (χ1v) is 6.75. The Morgan fingerprint density at radius 2 is 1.86 bits per heavy atom. The zero-order valence-electron chi connectivity index (χ0n) is 11.7. The van der Waals surface area contributed by atoms with Crippen molar-refractivity contribution in [2.24, 2.45) is 16.8 Å². The maximum absolute atomic E-state index is 11.4. The van der Waals surface area contributed by atoms with E-state index in [1.165, 1.54) is 6.21 Å². The van der Waals surface area contributed by atoms with Crippen LogP contribution in [-0.2, 0) is 16.0 Å². The molecule has 1 aromatic carbocycles. The summed E-state index contributed by atoms with van der Waals surface area (Å²) in [5, 5.41) is 18.6. The fourth-order valence-corrected chi connectivity index (χ4v) is 2.65. The summed E-state index contributed by atoms with van der Waals surface area (Å²) in [4.78, 5) is 26.7. The normalized spacial score (nSPS) is 21.4. The van der Waals surface area contributed by atoms with Crippen molar-refractivity contribution in [1.29, 1.82) is 0 Å². The predicted octanol–water partition coefficient (Wildman–Crippen LogP) is 2.38. The van der Waals surface area contributed by atoms with Crippen LogP contribution in [0, 0.1) is 11.8 Å². The van der Waals surface area contributed by atoms with Crippen LogP contribution in [0.4, 0.5) is 0 Å². The topological polar surface area (TPSA) is 87.0 Å². The van der Waals surface area contributed by atoms with Gasteiger partial charge in [-0.3, -0.25) is 9.79 Å². The molecule has 0 amide bonds. The average Bonchev–Trinajstić information content (AvgIpc) is 2.45. The molecular formula is C16H17NO4. The Hall–Kier alpha value is -2.43. The van der Waals surface area contributed by atoms with E-state index in [0.29, 0.717) is 18.5 Å². The van der Waals surface area contributed by atoms with Crippen LogP contribution >= 0.6 is 0 Å². The molecule has 0 saturated heterocycles. The van der Waals surface area contributed by atoms with E-state index in [1.807, 2.05) is 30.3 Å². The average molecular weight is 287 g/mol. The van der Waals surface area contributed by atoms with Crippen LogP contribution in [0.3, 0.4) is 0 Å². The van der Waals surface area contributed by atoms with E-state index in [9.17, 15) is 19.8 Å². The summed E-state index contributed by atoms with van der Waals surface area (Å²) >= 11 is 0. The van der Waals surface area contributed by atoms with Crippen molar-refractivity contribution < 1.29 is 19.8 Å². The van der Waals surface area contributed by atoms with Gasteiger partial charge in [0.1, 0.15) is 0 Å². The molecule has 0 bridgehead atoms. The van der Waals surface area contributed by atoms with E-state index < -0.39 is 23.8 Å². The molecule has 0 radical (unpaired) electrons. The summed E-state index contributed by atoms with van der Waals surface area (Å²) in [6.07, 6.45) is 2.44. The van der Waals surface area contributed by atoms with E-state index in [2.05, 4.69) is 4.99 Å². The number of aryl methyl sites for hydroxylation is 1. The molecule has 21 heavy (non-hydrogen) atoms. The van der Waals surface area contributed by atoms with Crippen molar-refractivity contribution in [3.63, 3.8) is 0 Å². The van der Waals surface area contributed by atoms with Crippen LogP contribution in [0.25, 0.3) is 0 Å². The molecule has 5 nitrogen and oxygen atoms in total. The zero-order valence-corrected chi connectivity index (χ0v) is 11.7. The van der Waals surface area contributed by atoms with Gasteiger partial charge in [-0.15, -0.1) is 0 Å². The molecule has 1 aliphatic heterocycles. The molecule has 0 fully saturated rings. The van der Waals surface area contributed by atoms with Gasteiger partial charge >= 0.3 is 11.9 Å². The summed E-state index contributed by atoms with van der Waals surface area (Å²) in [7, 11) is 0. The molecular weight excluding hydrogens is 270 g/mol. The van der Waals surface area contributed by atoms with Gasteiger partial charge in [0.15, 0.2) is 0 Å². The maximum atomic E-state index is 11.4. The highest BCUT2D eigenvalue weighted by atomic mass is 16.4. The predicted molar refractivity (Wildman–Crippen MR) is 78.2 cm³/mol. The van der Waals surface area contributed by atoms with Gasteiger partial charge in [-0.1, -0.05) is 30.3 Å². The Labute approximate surface area is 122 Å². The smallest absolute Gasteiger partial charge is 0.333 e. The second-order valence-corrected chi connectivity index (χ2v) is 5.08. The molecule has 1 aromatic rings. The summed E-state index contributed by atoms with van der Waals surface area (Å²) in [6, 6.07) is 9.62. The van der Waals surface area contributed by atoms with Gasteiger partial charge in [0.25, 0.3) is 0 Å². The first-order valence-electron chi connectivity index (χ1n) is 6.75. The Morgan fingerprint density at radius 1 is 1.19 bits per heavy atom. The Kier molecular flexibility index (Phi) is 4.52. The third kappa shape index (κ3) is 3.37. The van der Waals surface area contributed by atoms with E-state index in [0.717, 1.165) is 5.56 Å². The first-order chi connectivity index (χ1) is 10.0. The van der Waals surface area contributed by atoms with Gasteiger partial charge in [0.2, 0.25) is 0 Å². The Bertz CT molecular complexity index is 604. The fourth-order valence-electron chi connectivity index (χ4n) is 2.65. The minimum absolute atomic E-state index is 0.112. The van der Waals surface area contributed by atoms with Gasteiger partial charge < -0.3 is 10.2 Å². The highest BCUT2D eigenvalue weighted by Crippen LogP contribution is 2.32. The molecule has 2 N–H and O–H groups in total. The number of aliphatic carboxylic acids is 2. The number of carbonyl (C=O) groups is 2. The summed E-state index contributed by atoms with van der Waals surface area (Å²) in [6.45, 7) is 1.60. The summed E-state index contributed by atoms with van der Waals surface area (Å²) < 4.78 is 0. The number of nitrogens with zero attached hydrogens (tertiary/aromatic N) is 1. The standard InChI is InChI=1S/C16H17NO4/c1-10-14(16(20)21)12(13(9-17-10)15(18)19)8-7-11-5-3-2-4-6-11/h2-6,9,12-13H,7-8H2,1H3,(H,18,19)(H,20,21). The number of carboxylic acids is 2. The van der Waals surface area contributed by atoms with Crippen LogP contribution < -0.4 is 0 Å². The van der Waals surface area contributed by atoms with Crippen LogP contribution in [0.15, 0.2) is 46.6 Å². The van der Waals surface area contributed by atoms with Crippen molar-refractivity contribution in [3.8, 4) is 0 Å². The molecule has 110 valence electrons. The van der Waals surface area contributed by atoms with E-state index in [-0.39, 0.29) is 5.57 Å². The van der Waals surface area contributed by atoms with Gasteiger partial charge in [-0.2, -0.15) is 0 Å². The third-order valence-electron chi connectivity index (χ3n) is 3.73. The number of hydrogen-bond donors (Lipinski definition) is 2. The monoisotopic (exact) mass is 287 g/mol. The van der Waals surface area contributed by atoms with Crippen molar-refractivity contribution >= 4 is 18.2 Å². The van der Waals surface area contributed by atoms with Crippen molar-refractivity contribution in [1.82, 2.24) is 0 Å². The minimum Gasteiger partial charge on any atom is -0.481 e. The first kappa shape index (κ1) is 15.0. The zero-order chi connectivity index (χ0) is 15.4. The lowest BCUT2D eigenvalue weighted by molar-refractivity contribution is -0.140. The SMILES string of the molecule is CC1=C(C(=O)O)C(CCc2ccccc2)C(C(=O)O)C=N1. The molecule has 0 aromatic heterocycles. The largest absolute Gasteiger partial charge is 0.481 e. The van der Waals surface area contributed by atoms with Crippen LogP contribution in [-0.4, -0.2) is 28.4 Å². The van der Waals surface area contributed by atoms with E-state index in [1.54, 1.807) is 6.92 Å². The number of hydrogen-bond acceptors (Lipinski definition) is 3. The van der Waals surface area contributed by atoms with Crippen LogP contribution in [0.5, 0.6) is 0 Å². The number of carboxylic acid groups (broad SMARTS) is 2. The van der Waals surface area contributed by atoms with E-state index >= 15 is 0 Å². The lowest BCUT2D eigenvalue weighted by Crippen LogP contribution is -2.32. The molecule has 1 heterocycles. The van der Waals surface area contributed by atoms with Crippen molar-refractivity contribution in [3.05, 3.63) is 47.2 Å². The van der Waals surface area contributed by atoms with Gasteiger partial charge in [0, 0.05) is 17.8 Å². The molecule has 2 unspecified atom stereocenters. The second-order valence-electron chi connectivity index (χ2n) is 5.08. The highest BCUT2D eigenvalue weighted by Gasteiger charge is 2.36. The number of benzene rings is 1. The highest BCUT2D eigenvalue weighted by molar-refractivity contribution is 5.96. The van der Waals surface area contributed by atoms with Gasteiger partial charge in [-0.05, 0) is 25.3 Å². The number of rotatable bonds is 5. The molecule has 2 atom stereocenters. The van der Waals surface area contributed by atoms with Crippen molar-refractivity contribution in [2.75, 3.05) is 0 Å². The van der Waals surface area contributed by atoms with E-state index in [4.69, 9.17) is 0 Å². The number of aliphatic imine (C=N–C) groups is 1. The molecule has 5 heteroatoms. The third-order valence-corrected chi connectivity index (χ3v) is 3.73. The van der Waals surface area contributed by atoms with Gasteiger partial charge in [-0.25, -0.2) is 4.79 Å². The summed E-state index contributed by atoms with van der Waals surface area (Å²) in [5.41, 5.74) is 1.56.